The first-order valence-electron chi connectivity index (χ1n) is 13.1. The second kappa shape index (κ2) is 16.4. The molecule has 0 bridgehead atoms. The van der Waals surface area contributed by atoms with Crippen LogP contribution >= 0.6 is 23.2 Å². The number of carboxylic acids is 1. The minimum absolute atomic E-state index is 0.0843. The van der Waals surface area contributed by atoms with Crippen molar-refractivity contribution in [3.05, 3.63) is 92.5 Å². The first kappa shape index (κ1) is 32.5. The molecular formula is C29H31Cl2N3O8. The summed E-state index contributed by atoms with van der Waals surface area (Å²) in [5.41, 5.74) is 1.11. The third kappa shape index (κ3) is 10.7. The number of ether oxygens (including phenoxy) is 3. The molecule has 0 saturated carbocycles. The Bertz CT molecular complexity index is 1320. The van der Waals surface area contributed by atoms with Gasteiger partial charge in [-0.1, -0.05) is 35.3 Å². The van der Waals surface area contributed by atoms with Crippen molar-refractivity contribution < 1.29 is 33.8 Å². The quantitative estimate of drug-likeness (QED) is 0.108. The highest BCUT2D eigenvalue weighted by Gasteiger charge is 2.18. The molecule has 0 radical (unpaired) electrons. The summed E-state index contributed by atoms with van der Waals surface area (Å²) in [6.45, 7) is 3.06. The van der Waals surface area contributed by atoms with Crippen molar-refractivity contribution in [3.63, 3.8) is 0 Å². The SMILES string of the molecule is CCOC(Cc1ccc(OCCN(CCCOc2cc(Cl)cc(Cl)c2)C(=O)Nc2ccc([N+](=O)[O-])cc2)cc1)C(=O)O. The summed E-state index contributed by atoms with van der Waals surface area (Å²) in [6.07, 6.45) is -0.218. The molecule has 42 heavy (non-hydrogen) atoms. The van der Waals surface area contributed by atoms with Crippen molar-refractivity contribution >= 4 is 46.6 Å². The van der Waals surface area contributed by atoms with Crippen LogP contribution < -0.4 is 14.8 Å². The standard InChI is InChI=1S/C29H31Cl2N3O8/c1-2-40-27(28(35)36)16-20-4-10-25(11-5-20)42-15-13-33(12-3-14-41-26-18-21(30)17-22(31)19-26)29(37)32-23-6-8-24(9-7-23)34(38)39/h4-11,17-19,27H,2-3,12-16H2,1H3,(H,32,37)(H,35,36). The number of nitrogens with one attached hydrogen (secondary N) is 1. The number of benzene rings is 3. The summed E-state index contributed by atoms with van der Waals surface area (Å²) in [5, 5.41) is 23.9. The zero-order chi connectivity index (χ0) is 30.5. The molecule has 2 amide bonds. The van der Waals surface area contributed by atoms with Crippen molar-refractivity contribution in [1.29, 1.82) is 0 Å². The lowest BCUT2D eigenvalue weighted by molar-refractivity contribution is -0.384. The van der Waals surface area contributed by atoms with Crippen LogP contribution in [0.2, 0.25) is 10.0 Å². The number of aliphatic carboxylic acids is 1. The second-order valence-corrected chi connectivity index (χ2v) is 9.88. The number of anilines is 1. The van der Waals surface area contributed by atoms with Gasteiger partial charge in [0.2, 0.25) is 0 Å². The topological polar surface area (TPSA) is 140 Å². The minimum Gasteiger partial charge on any atom is -0.493 e. The van der Waals surface area contributed by atoms with E-state index in [0.29, 0.717) is 53.4 Å². The van der Waals surface area contributed by atoms with Gasteiger partial charge in [-0.15, -0.1) is 0 Å². The smallest absolute Gasteiger partial charge is 0.333 e. The lowest BCUT2D eigenvalue weighted by Gasteiger charge is -2.23. The maximum atomic E-state index is 13.1. The number of rotatable bonds is 16. The Balaban J connectivity index is 1.58. The van der Waals surface area contributed by atoms with E-state index in [-0.39, 0.29) is 25.3 Å². The van der Waals surface area contributed by atoms with Crippen LogP contribution in [0.4, 0.5) is 16.2 Å². The second-order valence-electron chi connectivity index (χ2n) is 9.01. The van der Waals surface area contributed by atoms with Crippen molar-refractivity contribution in [1.82, 2.24) is 4.90 Å². The molecule has 0 aliphatic carbocycles. The monoisotopic (exact) mass is 619 g/mol. The van der Waals surface area contributed by atoms with Gasteiger partial charge in [-0.05, 0) is 61.4 Å². The summed E-state index contributed by atoms with van der Waals surface area (Å²) < 4.78 is 16.8. The minimum atomic E-state index is -1.02. The van der Waals surface area contributed by atoms with Gasteiger partial charge in [0.05, 0.1) is 18.1 Å². The number of carboxylic acid groups (broad SMARTS) is 1. The maximum Gasteiger partial charge on any atom is 0.333 e. The maximum absolute atomic E-state index is 13.1. The van der Waals surface area contributed by atoms with E-state index in [1.54, 1.807) is 54.3 Å². The molecule has 0 fully saturated rings. The summed E-state index contributed by atoms with van der Waals surface area (Å²) in [5.74, 6) is 0.0436. The van der Waals surface area contributed by atoms with Crippen LogP contribution in [0.15, 0.2) is 66.7 Å². The summed E-state index contributed by atoms with van der Waals surface area (Å²) in [7, 11) is 0. The van der Waals surface area contributed by atoms with Gasteiger partial charge in [-0.25, -0.2) is 9.59 Å². The summed E-state index contributed by atoms with van der Waals surface area (Å²) in [4.78, 5) is 36.4. The van der Waals surface area contributed by atoms with Gasteiger partial charge in [-0.2, -0.15) is 0 Å². The first-order valence-corrected chi connectivity index (χ1v) is 13.9. The fourth-order valence-corrected chi connectivity index (χ4v) is 4.38. The number of urea groups is 1. The van der Waals surface area contributed by atoms with Gasteiger partial charge in [0.25, 0.3) is 5.69 Å². The van der Waals surface area contributed by atoms with Crippen molar-refractivity contribution in [3.8, 4) is 11.5 Å². The molecule has 0 saturated heterocycles. The molecule has 0 aliphatic rings. The lowest BCUT2D eigenvalue weighted by atomic mass is 10.1. The molecule has 3 aromatic rings. The van der Waals surface area contributed by atoms with Gasteiger partial charge in [0.1, 0.15) is 18.1 Å². The van der Waals surface area contributed by atoms with Gasteiger partial charge >= 0.3 is 12.0 Å². The molecular weight excluding hydrogens is 589 g/mol. The number of amides is 2. The number of carbonyl (C=O) groups is 2. The van der Waals surface area contributed by atoms with Crippen LogP contribution in [-0.2, 0) is 16.0 Å². The van der Waals surface area contributed by atoms with Gasteiger partial charge in [0, 0.05) is 47.4 Å². The Labute approximate surface area is 253 Å². The highest BCUT2D eigenvalue weighted by Crippen LogP contribution is 2.24. The highest BCUT2D eigenvalue weighted by molar-refractivity contribution is 6.34. The molecule has 224 valence electrons. The molecule has 3 aromatic carbocycles. The number of hydrogen-bond acceptors (Lipinski definition) is 7. The average molecular weight is 620 g/mol. The number of nitro groups is 1. The number of hydrogen-bond donors (Lipinski definition) is 2. The largest absolute Gasteiger partial charge is 0.493 e. The van der Waals surface area contributed by atoms with E-state index >= 15 is 0 Å². The van der Waals surface area contributed by atoms with Crippen molar-refractivity contribution in [2.24, 2.45) is 0 Å². The summed E-state index contributed by atoms with van der Waals surface area (Å²) >= 11 is 12.0. The van der Waals surface area contributed by atoms with E-state index in [4.69, 9.17) is 37.4 Å². The van der Waals surface area contributed by atoms with Crippen LogP contribution in [0.5, 0.6) is 11.5 Å². The first-order chi connectivity index (χ1) is 20.1. The lowest BCUT2D eigenvalue weighted by Crippen LogP contribution is -2.39. The number of nitrogens with zero attached hydrogens (tertiary/aromatic N) is 2. The number of halogens is 2. The van der Waals surface area contributed by atoms with E-state index < -0.39 is 23.0 Å². The zero-order valence-corrected chi connectivity index (χ0v) is 24.3. The molecule has 11 nitrogen and oxygen atoms in total. The van der Waals surface area contributed by atoms with Gasteiger partial charge < -0.3 is 29.5 Å². The molecule has 0 heterocycles. The molecule has 1 atom stereocenters. The van der Waals surface area contributed by atoms with E-state index in [2.05, 4.69) is 5.32 Å². The molecule has 0 aromatic heterocycles. The van der Waals surface area contributed by atoms with Crippen molar-refractivity contribution in [2.45, 2.75) is 25.9 Å². The Morgan fingerprint density at radius 2 is 1.60 bits per heavy atom. The fourth-order valence-electron chi connectivity index (χ4n) is 3.87. The number of nitro benzene ring substituents is 1. The van der Waals surface area contributed by atoms with Crippen LogP contribution in [0, 0.1) is 10.1 Å². The van der Waals surface area contributed by atoms with Crippen LogP contribution in [0.3, 0.4) is 0 Å². The van der Waals surface area contributed by atoms with Crippen molar-refractivity contribution in [2.75, 3.05) is 38.2 Å². The number of carbonyl (C=O) groups excluding carboxylic acids is 1. The van der Waals surface area contributed by atoms with Crippen LogP contribution in [0.1, 0.15) is 18.9 Å². The molecule has 2 N–H and O–H groups in total. The van der Waals surface area contributed by atoms with Gasteiger partial charge in [-0.3, -0.25) is 10.1 Å². The fraction of sp³-hybridized carbons (Fsp3) is 0.310. The molecule has 0 aliphatic heterocycles. The predicted molar refractivity (Wildman–Crippen MR) is 159 cm³/mol. The Hall–Kier alpha value is -4.06. The Morgan fingerprint density at radius 3 is 2.19 bits per heavy atom. The van der Waals surface area contributed by atoms with E-state index in [1.165, 1.54) is 24.3 Å². The van der Waals surface area contributed by atoms with E-state index in [1.807, 2.05) is 0 Å². The number of non-ortho nitro benzene ring substituents is 1. The molecule has 0 spiro atoms. The molecule has 3 rings (SSSR count). The van der Waals surface area contributed by atoms with E-state index in [0.717, 1.165) is 5.56 Å². The highest BCUT2D eigenvalue weighted by atomic mass is 35.5. The van der Waals surface area contributed by atoms with E-state index in [9.17, 15) is 24.8 Å². The zero-order valence-electron chi connectivity index (χ0n) is 22.8. The Morgan fingerprint density at radius 1 is 0.952 bits per heavy atom. The van der Waals surface area contributed by atoms with Gasteiger partial charge in [0.15, 0.2) is 6.10 Å². The third-order valence-corrected chi connectivity index (χ3v) is 6.35. The molecule has 13 heteroatoms. The van der Waals surface area contributed by atoms with Crippen LogP contribution in [0.25, 0.3) is 0 Å². The normalized spacial score (nSPS) is 11.4. The summed E-state index contributed by atoms with van der Waals surface area (Å²) in [6, 6.07) is 17.0. The average Bonchev–Trinajstić information content (AvgIpc) is 2.94. The molecule has 1 unspecified atom stereocenters. The predicted octanol–water partition coefficient (Wildman–Crippen LogP) is 6.32. The third-order valence-electron chi connectivity index (χ3n) is 5.91. The van der Waals surface area contributed by atoms with Crippen LogP contribution in [-0.4, -0.2) is 65.9 Å². The Kier molecular flexibility index (Phi) is 12.7.